The molecule has 1 aromatic rings. The number of carbonyl (C=O) groups is 1. The van der Waals surface area contributed by atoms with Crippen LogP contribution < -0.4 is 5.32 Å². The molecule has 3 rings (SSSR count). The molecule has 1 aromatic carbocycles. The maximum absolute atomic E-state index is 11.2. The standard InChI is InChI=1S/C11H11NO2/c13-11-9-2-1-7(10-3-4-12-10)5-8(9)6-14-11/h1-2,5,10,12H,3-4,6H2. The molecule has 72 valence electrons. The lowest BCUT2D eigenvalue weighted by Crippen LogP contribution is -2.34. The fourth-order valence-corrected chi connectivity index (χ4v) is 1.94. The largest absolute Gasteiger partial charge is 0.457 e. The zero-order valence-corrected chi connectivity index (χ0v) is 7.75. The lowest BCUT2D eigenvalue weighted by molar-refractivity contribution is 0.0535. The fourth-order valence-electron chi connectivity index (χ4n) is 1.94. The molecule has 1 saturated heterocycles. The van der Waals surface area contributed by atoms with Gasteiger partial charge in [-0.05, 0) is 30.7 Å². The molecule has 2 heterocycles. The molecule has 3 nitrogen and oxygen atoms in total. The maximum atomic E-state index is 11.2. The van der Waals surface area contributed by atoms with Crippen molar-refractivity contribution in [2.75, 3.05) is 6.54 Å². The third-order valence-corrected chi connectivity index (χ3v) is 2.93. The number of fused-ring (bicyclic) bond motifs is 1. The Bertz CT molecular complexity index is 396. The van der Waals surface area contributed by atoms with Crippen molar-refractivity contribution in [2.45, 2.75) is 19.1 Å². The van der Waals surface area contributed by atoms with Gasteiger partial charge in [-0.15, -0.1) is 0 Å². The second-order valence-corrected chi connectivity index (χ2v) is 3.79. The maximum Gasteiger partial charge on any atom is 0.338 e. The van der Waals surface area contributed by atoms with E-state index in [1.54, 1.807) is 0 Å². The van der Waals surface area contributed by atoms with Gasteiger partial charge >= 0.3 is 5.97 Å². The van der Waals surface area contributed by atoms with Crippen LogP contribution in [0.4, 0.5) is 0 Å². The topological polar surface area (TPSA) is 38.3 Å². The molecule has 3 heteroatoms. The molecule has 0 amide bonds. The van der Waals surface area contributed by atoms with Crippen LogP contribution in [0.25, 0.3) is 0 Å². The Kier molecular flexibility index (Phi) is 1.61. The average Bonchev–Trinajstić information content (AvgIpc) is 2.45. The van der Waals surface area contributed by atoms with E-state index in [2.05, 4.69) is 11.4 Å². The van der Waals surface area contributed by atoms with Crippen LogP contribution in [-0.2, 0) is 11.3 Å². The molecule has 2 aliphatic rings. The highest BCUT2D eigenvalue weighted by molar-refractivity contribution is 5.93. The highest BCUT2D eigenvalue weighted by Gasteiger charge is 2.24. The lowest BCUT2D eigenvalue weighted by Gasteiger charge is -2.28. The number of esters is 1. The smallest absolute Gasteiger partial charge is 0.338 e. The number of ether oxygens (including phenoxy) is 1. The molecule has 0 aliphatic carbocycles. The summed E-state index contributed by atoms with van der Waals surface area (Å²) in [6, 6.07) is 6.45. The van der Waals surface area contributed by atoms with Crippen LogP contribution in [0.15, 0.2) is 18.2 Å². The number of hydrogen-bond acceptors (Lipinski definition) is 3. The quantitative estimate of drug-likeness (QED) is 0.678. The molecule has 1 unspecified atom stereocenters. The van der Waals surface area contributed by atoms with Crippen LogP contribution in [0, 0.1) is 0 Å². The van der Waals surface area contributed by atoms with Gasteiger partial charge in [-0.1, -0.05) is 6.07 Å². The molecule has 14 heavy (non-hydrogen) atoms. The van der Waals surface area contributed by atoms with Crippen molar-refractivity contribution in [1.29, 1.82) is 0 Å². The molecule has 0 radical (unpaired) electrons. The highest BCUT2D eigenvalue weighted by atomic mass is 16.5. The van der Waals surface area contributed by atoms with Crippen LogP contribution in [0.1, 0.15) is 33.9 Å². The minimum absolute atomic E-state index is 0.187. The molecule has 1 N–H and O–H groups in total. The first-order valence-electron chi connectivity index (χ1n) is 4.88. The normalized spacial score (nSPS) is 24.0. The molecule has 0 bridgehead atoms. The number of nitrogens with one attached hydrogen (secondary N) is 1. The van der Waals surface area contributed by atoms with Crippen molar-refractivity contribution in [1.82, 2.24) is 5.32 Å². The van der Waals surface area contributed by atoms with Crippen molar-refractivity contribution in [3.05, 3.63) is 34.9 Å². The summed E-state index contributed by atoms with van der Waals surface area (Å²) in [6.07, 6.45) is 1.19. The molecular weight excluding hydrogens is 178 g/mol. The van der Waals surface area contributed by atoms with E-state index in [4.69, 9.17) is 4.74 Å². The third-order valence-electron chi connectivity index (χ3n) is 2.93. The minimum atomic E-state index is -0.187. The van der Waals surface area contributed by atoms with Gasteiger partial charge in [0, 0.05) is 11.6 Å². The zero-order valence-electron chi connectivity index (χ0n) is 7.75. The van der Waals surface area contributed by atoms with Gasteiger partial charge < -0.3 is 10.1 Å². The molecule has 0 spiro atoms. The van der Waals surface area contributed by atoms with E-state index in [9.17, 15) is 4.79 Å². The van der Waals surface area contributed by atoms with Gasteiger partial charge in [0.1, 0.15) is 6.61 Å². The summed E-state index contributed by atoms with van der Waals surface area (Å²) in [5.74, 6) is -0.187. The van der Waals surface area contributed by atoms with Crippen molar-refractivity contribution in [3.63, 3.8) is 0 Å². The molecular formula is C11H11NO2. The van der Waals surface area contributed by atoms with Gasteiger partial charge in [-0.25, -0.2) is 4.79 Å². The van der Waals surface area contributed by atoms with E-state index in [1.807, 2.05) is 12.1 Å². The predicted molar refractivity (Wildman–Crippen MR) is 50.9 cm³/mol. The molecule has 2 aliphatic heterocycles. The van der Waals surface area contributed by atoms with Crippen LogP contribution in [0.3, 0.4) is 0 Å². The van der Waals surface area contributed by atoms with Gasteiger partial charge in [0.25, 0.3) is 0 Å². The number of cyclic esters (lactones) is 1. The Balaban J connectivity index is 1.98. The molecule has 1 fully saturated rings. The monoisotopic (exact) mass is 189 g/mol. The van der Waals surface area contributed by atoms with Gasteiger partial charge in [0.15, 0.2) is 0 Å². The van der Waals surface area contributed by atoms with E-state index < -0.39 is 0 Å². The van der Waals surface area contributed by atoms with Crippen molar-refractivity contribution in [3.8, 4) is 0 Å². The Morgan fingerprint density at radius 1 is 1.43 bits per heavy atom. The van der Waals surface area contributed by atoms with E-state index in [-0.39, 0.29) is 5.97 Å². The zero-order chi connectivity index (χ0) is 9.54. The molecule has 1 atom stereocenters. The van der Waals surface area contributed by atoms with Crippen LogP contribution in [0.5, 0.6) is 0 Å². The summed E-state index contributed by atoms with van der Waals surface area (Å²) in [4.78, 5) is 11.2. The Hall–Kier alpha value is -1.35. The summed E-state index contributed by atoms with van der Waals surface area (Å²) in [5.41, 5.74) is 3.03. The van der Waals surface area contributed by atoms with Crippen molar-refractivity contribution in [2.24, 2.45) is 0 Å². The molecule has 0 aromatic heterocycles. The third kappa shape index (κ3) is 1.06. The van der Waals surface area contributed by atoms with Crippen LogP contribution >= 0.6 is 0 Å². The van der Waals surface area contributed by atoms with Crippen LogP contribution in [-0.4, -0.2) is 12.5 Å². The van der Waals surface area contributed by atoms with E-state index in [1.165, 1.54) is 12.0 Å². The predicted octanol–water partition coefficient (Wildman–Crippen LogP) is 1.39. The summed E-state index contributed by atoms with van der Waals surface area (Å²) < 4.78 is 4.95. The Labute approximate surface area is 82.1 Å². The first-order valence-corrected chi connectivity index (χ1v) is 4.88. The van der Waals surface area contributed by atoms with Gasteiger partial charge in [-0.3, -0.25) is 0 Å². The second-order valence-electron chi connectivity index (χ2n) is 3.79. The highest BCUT2D eigenvalue weighted by Crippen LogP contribution is 2.27. The van der Waals surface area contributed by atoms with Crippen LogP contribution in [0.2, 0.25) is 0 Å². The number of hydrogen-bond donors (Lipinski definition) is 1. The van der Waals surface area contributed by atoms with Gasteiger partial charge in [0.2, 0.25) is 0 Å². The van der Waals surface area contributed by atoms with Crippen molar-refractivity contribution < 1.29 is 9.53 Å². The summed E-state index contributed by atoms with van der Waals surface area (Å²) >= 11 is 0. The van der Waals surface area contributed by atoms with E-state index >= 15 is 0 Å². The lowest BCUT2D eigenvalue weighted by atomic mass is 9.95. The summed E-state index contributed by atoms with van der Waals surface area (Å²) in [5, 5.41) is 3.34. The average molecular weight is 189 g/mol. The number of carbonyl (C=O) groups excluding carboxylic acids is 1. The first kappa shape index (κ1) is 8.00. The SMILES string of the molecule is O=C1OCc2cc(C3CCN3)ccc21. The summed E-state index contributed by atoms with van der Waals surface area (Å²) in [6.45, 7) is 1.53. The van der Waals surface area contributed by atoms with E-state index in [0.29, 0.717) is 12.6 Å². The minimum Gasteiger partial charge on any atom is -0.457 e. The summed E-state index contributed by atoms with van der Waals surface area (Å²) in [7, 11) is 0. The fraction of sp³-hybridized carbons (Fsp3) is 0.364. The van der Waals surface area contributed by atoms with E-state index in [0.717, 1.165) is 17.7 Å². The number of benzene rings is 1. The van der Waals surface area contributed by atoms with Crippen molar-refractivity contribution >= 4 is 5.97 Å². The Morgan fingerprint density at radius 3 is 3.00 bits per heavy atom. The van der Waals surface area contributed by atoms with Gasteiger partial charge in [0.05, 0.1) is 5.56 Å². The number of rotatable bonds is 1. The molecule has 0 saturated carbocycles. The Morgan fingerprint density at radius 2 is 2.29 bits per heavy atom. The first-order chi connectivity index (χ1) is 6.84. The van der Waals surface area contributed by atoms with Gasteiger partial charge in [-0.2, -0.15) is 0 Å². The second kappa shape index (κ2) is 2.82.